The van der Waals surface area contributed by atoms with E-state index in [1.807, 2.05) is 11.8 Å². The highest BCUT2D eigenvalue weighted by atomic mass is 16.3. The molecule has 0 radical (unpaired) electrons. The van der Waals surface area contributed by atoms with Crippen LogP contribution >= 0.6 is 0 Å². The van der Waals surface area contributed by atoms with Gasteiger partial charge in [-0.3, -0.25) is 4.79 Å². The predicted octanol–water partition coefficient (Wildman–Crippen LogP) is 1.16. The monoisotopic (exact) mass is 197 g/mol. The van der Waals surface area contributed by atoms with Crippen LogP contribution in [0, 0.1) is 5.92 Å². The van der Waals surface area contributed by atoms with Crippen LogP contribution in [0.25, 0.3) is 0 Å². The van der Waals surface area contributed by atoms with Crippen molar-refractivity contribution in [2.45, 2.75) is 44.6 Å². The third kappa shape index (κ3) is 1.92. The molecular weight excluding hydrogens is 178 g/mol. The minimum Gasteiger partial charge on any atom is -0.390 e. The molecule has 3 nitrogen and oxygen atoms in total. The number of amides is 1. The highest BCUT2D eigenvalue weighted by Gasteiger charge is 2.34. The molecular formula is C11H19NO2. The van der Waals surface area contributed by atoms with Crippen molar-refractivity contribution in [3.8, 4) is 0 Å². The van der Waals surface area contributed by atoms with E-state index in [1.165, 1.54) is 6.42 Å². The molecule has 0 bridgehead atoms. The molecule has 0 aromatic carbocycles. The highest BCUT2D eigenvalue weighted by molar-refractivity contribution is 5.79. The maximum Gasteiger partial charge on any atom is 0.225 e. The van der Waals surface area contributed by atoms with Gasteiger partial charge in [-0.05, 0) is 32.6 Å². The molecule has 2 fully saturated rings. The Balaban J connectivity index is 1.85. The second kappa shape index (κ2) is 3.54. The lowest BCUT2D eigenvalue weighted by molar-refractivity contribution is -0.141. The average molecular weight is 197 g/mol. The van der Waals surface area contributed by atoms with Gasteiger partial charge in [-0.2, -0.15) is 0 Å². The third-order valence-electron chi connectivity index (χ3n) is 3.61. The summed E-state index contributed by atoms with van der Waals surface area (Å²) in [7, 11) is 0. The number of aliphatic hydroxyl groups is 1. The van der Waals surface area contributed by atoms with Crippen LogP contribution in [0.3, 0.4) is 0 Å². The average Bonchev–Trinajstić information content (AvgIpc) is 2.00. The van der Waals surface area contributed by atoms with Crippen molar-refractivity contribution >= 4 is 5.91 Å². The predicted molar refractivity (Wildman–Crippen MR) is 53.8 cm³/mol. The van der Waals surface area contributed by atoms with Crippen LogP contribution in [0.1, 0.15) is 39.0 Å². The third-order valence-corrected chi connectivity index (χ3v) is 3.61. The molecule has 80 valence electrons. The molecule has 0 aromatic rings. The van der Waals surface area contributed by atoms with Crippen LogP contribution < -0.4 is 0 Å². The highest BCUT2D eigenvalue weighted by Crippen LogP contribution is 2.30. The largest absolute Gasteiger partial charge is 0.390 e. The van der Waals surface area contributed by atoms with Crippen molar-refractivity contribution < 1.29 is 9.90 Å². The second-order valence-electron chi connectivity index (χ2n) is 4.95. The maximum absolute atomic E-state index is 11.8. The smallest absolute Gasteiger partial charge is 0.225 e. The first-order chi connectivity index (χ1) is 6.58. The van der Waals surface area contributed by atoms with E-state index in [2.05, 4.69) is 0 Å². The number of piperidine rings is 1. The Morgan fingerprint density at radius 2 is 1.93 bits per heavy atom. The van der Waals surface area contributed by atoms with E-state index in [1.54, 1.807) is 0 Å². The molecule has 1 amide bonds. The van der Waals surface area contributed by atoms with Gasteiger partial charge in [-0.15, -0.1) is 0 Å². The minimum atomic E-state index is -0.545. The maximum atomic E-state index is 11.8. The van der Waals surface area contributed by atoms with Gasteiger partial charge in [0.2, 0.25) is 5.91 Å². The van der Waals surface area contributed by atoms with Crippen molar-refractivity contribution in [3.63, 3.8) is 0 Å². The summed E-state index contributed by atoms with van der Waals surface area (Å²) in [6.45, 7) is 3.34. The first kappa shape index (κ1) is 9.97. The summed E-state index contributed by atoms with van der Waals surface area (Å²) in [6.07, 6.45) is 4.82. The van der Waals surface area contributed by atoms with Crippen LogP contribution in [0.2, 0.25) is 0 Å². The standard InChI is InChI=1S/C11H19NO2/c1-11(14)5-7-12(8-6-11)10(13)9-3-2-4-9/h9,14H,2-8H2,1H3. The molecule has 3 heteroatoms. The lowest BCUT2D eigenvalue weighted by Gasteiger charge is -2.39. The number of carbonyl (C=O) groups excluding carboxylic acids is 1. The Kier molecular flexibility index (Phi) is 2.52. The fraction of sp³-hybridized carbons (Fsp3) is 0.909. The summed E-state index contributed by atoms with van der Waals surface area (Å²) in [5.74, 6) is 0.629. The molecule has 2 rings (SSSR count). The van der Waals surface area contributed by atoms with Gasteiger partial charge in [0.15, 0.2) is 0 Å². The van der Waals surface area contributed by atoms with Crippen LogP contribution in [0.15, 0.2) is 0 Å². The Morgan fingerprint density at radius 3 is 2.36 bits per heavy atom. The zero-order valence-corrected chi connectivity index (χ0v) is 8.83. The fourth-order valence-corrected chi connectivity index (χ4v) is 2.12. The SMILES string of the molecule is CC1(O)CCN(C(=O)C2CCC2)CC1. The van der Waals surface area contributed by atoms with Crippen molar-refractivity contribution in [3.05, 3.63) is 0 Å². The van der Waals surface area contributed by atoms with Gasteiger partial charge in [0.25, 0.3) is 0 Å². The Hall–Kier alpha value is -0.570. The summed E-state index contributed by atoms with van der Waals surface area (Å²) < 4.78 is 0. The van der Waals surface area contributed by atoms with Gasteiger partial charge in [0, 0.05) is 19.0 Å². The zero-order chi connectivity index (χ0) is 10.2. The van der Waals surface area contributed by atoms with E-state index in [9.17, 15) is 9.90 Å². The number of likely N-dealkylation sites (tertiary alicyclic amines) is 1. The van der Waals surface area contributed by atoms with Gasteiger partial charge in [0.05, 0.1) is 5.60 Å². The Bertz CT molecular complexity index is 223. The molecule has 1 aliphatic heterocycles. The number of rotatable bonds is 1. The topological polar surface area (TPSA) is 40.5 Å². The molecule has 2 aliphatic rings. The number of nitrogens with zero attached hydrogens (tertiary/aromatic N) is 1. The molecule has 14 heavy (non-hydrogen) atoms. The van der Waals surface area contributed by atoms with Gasteiger partial charge < -0.3 is 10.0 Å². The van der Waals surface area contributed by atoms with Crippen LogP contribution in [0.4, 0.5) is 0 Å². The van der Waals surface area contributed by atoms with Crippen molar-refractivity contribution in [1.82, 2.24) is 4.90 Å². The lowest BCUT2D eigenvalue weighted by atomic mass is 9.83. The molecule has 0 aromatic heterocycles. The van der Waals surface area contributed by atoms with E-state index in [4.69, 9.17) is 0 Å². The van der Waals surface area contributed by atoms with E-state index >= 15 is 0 Å². The molecule has 1 saturated carbocycles. The van der Waals surface area contributed by atoms with Crippen molar-refractivity contribution in [2.24, 2.45) is 5.92 Å². The van der Waals surface area contributed by atoms with Crippen molar-refractivity contribution in [2.75, 3.05) is 13.1 Å². The number of hydrogen-bond donors (Lipinski definition) is 1. The fourth-order valence-electron chi connectivity index (χ4n) is 2.12. The second-order valence-corrected chi connectivity index (χ2v) is 4.95. The summed E-state index contributed by atoms with van der Waals surface area (Å²) >= 11 is 0. The first-order valence-electron chi connectivity index (χ1n) is 5.60. The summed E-state index contributed by atoms with van der Waals surface area (Å²) in [5, 5.41) is 9.75. The first-order valence-corrected chi connectivity index (χ1v) is 5.60. The van der Waals surface area contributed by atoms with Crippen molar-refractivity contribution in [1.29, 1.82) is 0 Å². The normalized spacial score (nSPS) is 27.1. The van der Waals surface area contributed by atoms with Gasteiger partial charge >= 0.3 is 0 Å². The molecule has 0 spiro atoms. The van der Waals surface area contributed by atoms with Gasteiger partial charge in [-0.25, -0.2) is 0 Å². The van der Waals surface area contributed by atoms with E-state index < -0.39 is 5.60 Å². The van der Waals surface area contributed by atoms with Crippen LogP contribution in [0.5, 0.6) is 0 Å². The summed E-state index contributed by atoms with van der Waals surface area (Å²) in [5.41, 5.74) is -0.545. The molecule has 1 heterocycles. The van der Waals surface area contributed by atoms with E-state index in [-0.39, 0.29) is 0 Å². The minimum absolute atomic E-state index is 0.304. The molecule has 0 atom stereocenters. The van der Waals surface area contributed by atoms with E-state index in [0.29, 0.717) is 11.8 Å². The number of carbonyl (C=O) groups is 1. The molecule has 1 saturated heterocycles. The molecule has 1 N–H and O–H groups in total. The number of hydrogen-bond acceptors (Lipinski definition) is 2. The zero-order valence-electron chi connectivity index (χ0n) is 8.83. The van der Waals surface area contributed by atoms with Gasteiger partial charge in [-0.1, -0.05) is 6.42 Å². The van der Waals surface area contributed by atoms with Gasteiger partial charge in [0.1, 0.15) is 0 Å². The molecule has 0 unspecified atom stereocenters. The molecule has 1 aliphatic carbocycles. The van der Waals surface area contributed by atoms with E-state index in [0.717, 1.165) is 38.8 Å². The summed E-state index contributed by atoms with van der Waals surface area (Å²) in [6, 6.07) is 0. The van der Waals surface area contributed by atoms with Crippen LogP contribution in [-0.4, -0.2) is 34.6 Å². The summed E-state index contributed by atoms with van der Waals surface area (Å²) in [4.78, 5) is 13.8. The Morgan fingerprint density at radius 1 is 1.36 bits per heavy atom. The quantitative estimate of drug-likeness (QED) is 0.685. The Labute approximate surface area is 85.1 Å². The lowest BCUT2D eigenvalue weighted by Crippen LogP contribution is -2.48. The van der Waals surface area contributed by atoms with Crippen LogP contribution in [-0.2, 0) is 4.79 Å².